The Kier molecular flexibility index (Phi) is 3.39. The SMILES string of the molecule is O=C1CCC2CN(Cc3ccc(Br)cc3)CCN12. The minimum absolute atomic E-state index is 0.350. The van der Waals surface area contributed by atoms with Crippen molar-refractivity contribution in [3.05, 3.63) is 34.3 Å². The number of hydrogen-bond acceptors (Lipinski definition) is 2. The lowest BCUT2D eigenvalue weighted by Gasteiger charge is -2.37. The minimum Gasteiger partial charge on any atom is -0.337 e. The summed E-state index contributed by atoms with van der Waals surface area (Å²) in [5, 5.41) is 0. The fourth-order valence-electron chi connectivity index (χ4n) is 2.92. The predicted octanol–water partition coefficient (Wildman–Crippen LogP) is 2.26. The molecule has 0 bridgehead atoms. The van der Waals surface area contributed by atoms with Crippen LogP contribution in [0.5, 0.6) is 0 Å². The van der Waals surface area contributed by atoms with Crippen LogP contribution < -0.4 is 0 Å². The summed E-state index contributed by atoms with van der Waals surface area (Å²) in [6, 6.07) is 8.96. The molecule has 0 spiro atoms. The van der Waals surface area contributed by atoms with E-state index >= 15 is 0 Å². The van der Waals surface area contributed by atoms with Crippen molar-refractivity contribution >= 4 is 21.8 Å². The number of carbonyl (C=O) groups is 1. The van der Waals surface area contributed by atoms with Crippen molar-refractivity contribution in [3.63, 3.8) is 0 Å². The summed E-state index contributed by atoms with van der Waals surface area (Å²) >= 11 is 3.46. The van der Waals surface area contributed by atoms with E-state index < -0.39 is 0 Å². The summed E-state index contributed by atoms with van der Waals surface area (Å²) in [5.41, 5.74) is 1.34. The van der Waals surface area contributed by atoms with Gasteiger partial charge >= 0.3 is 0 Å². The van der Waals surface area contributed by atoms with Gasteiger partial charge in [0.1, 0.15) is 0 Å². The van der Waals surface area contributed by atoms with Gasteiger partial charge in [0.2, 0.25) is 5.91 Å². The van der Waals surface area contributed by atoms with Gasteiger partial charge in [-0.25, -0.2) is 0 Å². The molecule has 96 valence electrons. The lowest BCUT2D eigenvalue weighted by atomic mass is 10.1. The van der Waals surface area contributed by atoms with E-state index in [-0.39, 0.29) is 0 Å². The summed E-state index contributed by atoms with van der Waals surface area (Å²) < 4.78 is 1.12. The second-order valence-electron chi connectivity index (χ2n) is 5.14. The zero-order valence-electron chi connectivity index (χ0n) is 10.3. The zero-order chi connectivity index (χ0) is 12.5. The number of piperazine rings is 1. The van der Waals surface area contributed by atoms with Gasteiger partial charge in [-0.2, -0.15) is 0 Å². The summed E-state index contributed by atoms with van der Waals surface area (Å²) in [6.07, 6.45) is 1.78. The number of amides is 1. The number of carbonyl (C=O) groups excluding carboxylic acids is 1. The molecule has 1 aromatic carbocycles. The molecule has 3 nitrogen and oxygen atoms in total. The first kappa shape index (κ1) is 12.2. The average Bonchev–Trinajstić information content (AvgIpc) is 2.74. The van der Waals surface area contributed by atoms with Crippen molar-refractivity contribution in [1.29, 1.82) is 0 Å². The molecule has 2 fully saturated rings. The molecule has 0 N–H and O–H groups in total. The number of benzene rings is 1. The Morgan fingerprint density at radius 2 is 2.00 bits per heavy atom. The Hall–Kier alpha value is -0.870. The highest BCUT2D eigenvalue weighted by molar-refractivity contribution is 9.10. The third-order valence-electron chi connectivity index (χ3n) is 3.90. The van der Waals surface area contributed by atoms with Crippen LogP contribution in [0.1, 0.15) is 18.4 Å². The molecule has 1 unspecified atom stereocenters. The normalized spacial score (nSPS) is 24.4. The topological polar surface area (TPSA) is 23.6 Å². The highest BCUT2D eigenvalue weighted by Crippen LogP contribution is 2.23. The molecule has 18 heavy (non-hydrogen) atoms. The molecule has 2 aliphatic rings. The van der Waals surface area contributed by atoms with Crippen LogP contribution in [0.25, 0.3) is 0 Å². The standard InChI is InChI=1S/C14H17BrN2O/c15-12-3-1-11(2-4-12)9-16-7-8-17-13(10-16)5-6-14(17)18/h1-4,13H,5-10H2. The highest BCUT2D eigenvalue weighted by atomic mass is 79.9. The fourth-order valence-corrected chi connectivity index (χ4v) is 3.18. The van der Waals surface area contributed by atoms with Crippen molar-refractivity contribution < 1.29 is 4.79 Å². The Labute approximate surface area is 116 Å². The lowest BCUT2D eigenvalue weighted by Crippen LogP contribution is -2.50. The fraction of sp³-hybridized carbons (Fsp3) is 0.500. The molecule has 0 aromatic heterocycles. The van der Waals surface area contributed by atoms with Crippen LogP contribution in [-0.2, 0) is 11.3 Å². The second kappa shape index (κ2) is 5.02. The van der Waals surface area contributed by atoms with E-state index in [1.807, 2.05) is 0 Å². The van der Waals surface area contributed by atoms with Gasteiger partial charge in [-0.05, 0) is 24.1 Å². The van der Waals surface area contributed by atoms with E-state index in [9.17, 15) is 4.79 Å². The maximum Gasteiger partial charge on any atom is 0.222 e. The number of fused-ring (bicyclic) bond motifs is 1. The minimum atomic E-state index is 0.350. The van der Waals surface area contributed by atoms with Gasteiger partial charge in [0, 0.05) is 43.1 Å². The molecule has 2 heterocycles. The molecule has 3 rings (SSSR count). The maximum atomic E-state index is 11.6. The van der Waals surface area contributed by atoms with Crippen LogP contribution in [0.15, 0.2) is 28.7 Å². The number of rotatable bonds is 2. The Bertz CT molecular complexity index is 446. The van der Waals surface area contributed by atoms with E-state index in [4.69, 9.17) is 0 Å². The summed E-state index contributed by atoms with van der Waals surface area (Å²) in [5.74, 6) is 0.350. The van der Waals surface area contributed by atoms with E-state index in [0.717, 1.165) is 43.5 Å². The molecule has 0 saturated carbocycles. The quantitative estimate of drug-likeness (QED) is 0.836. The van der Waals surface area contributed by atoms with Crippen molar-refractivity contribution in [2.45, 2.75) is 25.4 Å². The average molecular weight is 309 g/mol. The van der Waals surface area contributed by atoms with Crippen LogP contribution >= 0.6 is 15.9 Å². The van der Waals surface area contributed by atoms with E-state index in [1.165, 1.54) is 5.56 Å². The van der Waals surface area contributed by atoms with Gasteiger partial charge < -0.3 is 4.90 Å². The Morgan fingerprint density at radius 1 is 1.22 bits per heavy atom. The molecular weight excluding hydrogens is 292 g/mol. The van der Waals surface area contributed by atoms with Gasteiger partial charge in [0.05, 0.1) is 0 Å². The molecule has 4 heteroatoms. The Balaban J connectivity index is 1.62. The van der Waals surface area contributed by atoms with Crippen LogP contribution in [0.3, 0.4) is 0 Å². The monoisotopic (exact) mass is 308 g/mol. The smallest absolute Gasteiger partial charge is 0.222 e. The van der Waals surface area contributed by atoms with Gasteiger partial charge in [0.15, 0.2) is 0 Å². The highest BCUT2D eigenvalue weighted by Gasteiger charge is 2.35. The molecule has 1 atom stereocenters. The van der Waals surface area contributed by atoms with Crippen molar-refractivity contribution in [2.75, 3.05) is 19.6 Å². The molecule has 2 aliphatic heterocycles. The number of halogens is 1. The van der Waals surface area contributed by atoms with Crippen LogP contribution in [0, 0.1) is 0 Å². The molecule has 2 saturated heterocycles. The van der Waals surface area contributed by atoms with E-state index in [1.54, 1.807) is 0 Å². The summed E-state index contributed by atoms with van der Waals surface area (Å²) in [6.45, 7) is 3.92. The van der Waals surface area contributed by atoms with Gasteiger partial charge in [-0.3, -0.25) is 9.69 Å². The molecule has 1 aromatic rings. The molecule has 0 radical (unpaired) electrons. The van der Waals surface area contributed by atoms with Crippen molar-refractivity contribution in [1.82, 2.24) is 9.80 Å². The van der Waals surface area contributed by atoms with Gasteiger partial charge in [-0.15, -0.1) is 0 Å². The number of nitrogens with zero attached hydrogens (tertiary/aromatic N) is 2. The summed E-state index contributed by atoms with van der Waals surface area (Å²) in [7, 11) is 0. The first-order valence-electron chi connectivity index (χ1n) is 6.48. The lowest BCUT2D eigenvalue weighted by molar-refractivity contribution is -0.130. The molecule has 0 aliphatic carbocycles. The van der Waals surface area contributed by atoms with Gasteiger partial charge in [0.25, 0.3) is 0 Å². The van der Waals surface area contributed by atoms with E-state index in [2.05, 4.69) is 50.0 Å². The second-order valence-corrected chi connectivity index (χ2v) is 6.06. The van der Waals surface area contributed by atoms with E-state index in [0.29, 0.717) is 11.9 Å². The predicted molar refractivity (Wildman–Crippen MR) is 74.2 cm³/mol. The largest absolute Gasteiger partial charge is 0.337 e. The van der Waals surface area contributed by atoms with Crippen LogP contribution in [0.2, 0.25) is 0 Å². The molecule has 1 amide bonds. The summed E-state index contributed by atoms with van der Waals surface area (Å²) in [4.78, 5) is 16.1. The van der Waals surface area contributed by atoms with Gasteiger partial charge in [-0.1, -0.05) is 28.1 Å². The van der Waals surface area contributed by atoms with Crippen molar-refractivity contribution in [2.24, 2.45) is 0 Å². The first-order valence-corrected chi connectivity index (χ1v) is 7.28. The number of hydrogen-bond donors (Lipinski definition) is 0. The maximum absolute atomic E-state index is 11.6. The van der Waals surface area contributed by atoms with Crippen LogP contribution in [0.4, 0.5) is 0 Å². The third-order valence-corrected chi connectivity index (χ3v) is 4.43. The van der Waals surface area contributed by atoms with Crippen molar-refractivity contribution in [3.8, 4) is 0 Å². The Morgan fingerprint density at radius 3 is 2.78 bits per heavy atom. The van der Waals surface area contributed by atoms with Crippen LogP contribution in [-0.4, -0.2) is 41.4 Å². The first-order chi connectivity index (χ1) is 8.72. The third kappa shape index (κ3) is 2.45. The molecular formula is C14H17BrN2O. The zero-order valence-corrected chi connectivity index (χ0v) is 11.9.